The molecule has 0 aliphatic heterocycles. The Morgan fingerprint density at radius 3 is 2.73 bits per heavy atom. The molecule has 0 amide bonds. The molecule has 1 aromatic carbocycles. The molecule has 0 atom stereocenters. The second-order valence-corrected chi connectivity index (χ2v) is 3.66. The highest BCUT2D eigenvalue weighted by molar-refractivity contribution is 9.10. The summed E-state index contributed by atoms with van der Waals surface area (Å²) >= 11 is 3.24. The number of rotatable bonds is 2. The summed E-state index contributed by atoms with van der Waals surface area (Å²) in [5.41, 5.74) is 0.579. The molecule has 1 aromatic heterocycles. The largest absolute Gasteiger partial charge is 0.506 e. The van der Waals surface area contributed by atoms with Gasteiger partial charge in [0.1, 0.15) is 10.4 Å². The van der Waals surface area contributed by atoms with Gasteiger partial charge in [-0.25, -0.2) is 9.97 Å². The highest BCUT2D eigenvalue weighted by Gasteiger charge is 2.01. The first-order chi connectivity index (χ1) is 7.25. The maximum atomic E-state index is 9.51. The minimum Gasteiger partial charge on any atom is -0.506 e. The summed E-state index contributed by atoms with van der Waals surface area (Å²) in [6.45, 7) is 0. The molecule has 0 fully saturated rings. The van der Waals surface area contributed by atoms with Crippen molar-refractivity contribution in [2.45, 2.75) is 0 Å². The van der Waals surface area contributed by atoms with Crippen molar-refractivity contribution in [2.24, 2.45) is 0 Å². The number of phenolic OH excluding ortho intramolecular Hbond substituents is 1. The zero-order chi connectivity index (χ0) is 10.7. The first-order valence-electron chi connectivity index (χ1n) is 4.29. The number of nitrogens with zero attached hydrogens (tertiary/aromatic N) is 2. The van der Waals surface area contributed by atoms with Crippen LogP contribution in [0, 0.1) is 0 Å². The van der Waals surface area contributed by atoms with E-state index in [2.05, 4.69) is 31.2 Å². The Bertz CT molecular complexity index is 476. The van der Waals surface area contributed by atoms with E-state index in [9.17, 15) is 5.11 Å². The molecule has 76 valence electrons. The number of nitrogens with one attached hydrogen (secondary N) is 1. The quantitative estimate of drug-likeness (QED) is 0.648. The lowest BCUT2D eigenvalue weighted by Crippen LogP contribution is -1.96. The van der Waals surface area contributed by atoms with Crippen LogP contribution in [0.1, 0.15) is 0 Å². The van der Waals surface area contributed by atoms with Gasteiger partial charge in [0, 0.05) is 6.20 Å². The molecule has 0 aliphatic rings. The molecule has 0 unspecified atom stereocenters. The van der Waals surface area contributed by atoms with E-state index in [0.29, 0.717) is 16.2 Å². The van der Waals surface area contributed by atoms with Crippen molar-refractivity contribution in [1.82, 2.24) is 9.97 Å². The first-order valence-corrected chi connectivity index (χ1v) is 5.08. The molecule has 2 rings (SSSR count). The van der Waals surface area contributed by atoms with E-state index in [0.717, 1.165) is 0 Å². The average molecular weight is 266 g/mol. The van der Waals surface area contributed by atoms with Crippen LogP contribution < -0.4 is 5.32 Å². The predicted octanol–water partition coefficient (Wildman–Crippen LogP) is 2.69. The summed E-state index contributed by atoms with van der Waals surface area (Å²) in [5.74, 6) is 0.604. The van der Waals surface area contributed by atoms with Crippen LogP contribution in [-0.4, -0.2) is 15.1 Å². The Kier molecular flexibility index (Phi) is 2.82. The van der Waals surface area contributed by atoms with Crippen LogP contribution in [0.5, 0.6) is 5.75 Å². The fourth-order valence-electron chi connectivity index (χ4n) is 1.10. The number of hydrogen-bond donors (Lipinski definition) is 2. The third kappa shape index (κ3) is 2.44. The smallest absolute Gasteiger partial charge is 0.228 e. The Balaban J connectivity index is 2.26. The molecule has 15 heavy (non-hydrogen) atoms. The van der Waals surface area contributed by atoms with E-state index >= 15 is 0 Å². The normalized spacial score (nSPS) is 9.93. The fourth-order valence-corrected chi connectivity index (χ4v) is 1.38. The zero-order valence-corrected chi connectivity index (χ0v) is 9.27. The van der Waals surface area contributed by atoms with Crippen molar-refractivity contribution < 1.29 is 5.11 Å². The van der Waals surface area contributed by atoms with Crippen LogP contribution in [-0.2, 0) is 0 Å². The topological polar surface area (TPSA) is 58.0 Å². The van der Waals surface area contributed by atoms with Gasteiger partial charge in [-0.05, 0) is 34.1 Å². The highest BCUT2D eigenvalue weighted by atomic mass is 79.9. The van der Waals surface area contributed by atoms with E-state index in [4.69, 9.17) is 0 Å². The van der Waals surface area contributed by atoms with Gasteiger partial charge in [-0.3, -0.25) is 0 Å². The molecule has 1 heterocycles. The van der Waals surface area contributed by atoms with E-state index in [1.54, 1.807) is 30.5 Å². The Hall–Kier alpha value is -1.62. The minimum absolute atomic E-state index is 0.168. The lowest BCUT2D eigenvalue weighted by Gasteiger charge is -2.05. The molecule has 4 nitrogen and oxygen atoms in total. The fraction of sp³-hybridized carbons (Fsp3) is 0. The highest BCUT2D eigenvalue weighted by Crippen LogP contribution is 2.24. The molecule has 5 heteroatoms. The Labute approximate surface area is 95.1 Å². The molecule has 0 aliphatic carbocycles. The van der Waals surface area contributed by atoms with Gasteiger partial charge in [0.2, 0.25) is 5.95 Å². The van der Waals surface area contributed by atoms with E-state index < -0.39 is 0 Å². The van der Waals surface area contributed by atoms with Gasteiger partial charge in [-0.1, -0.05) is 12.1 Å². The van der Waals surface area contributed by atoms with Crippen molar-refractivity contribution in [3.8, 4) is 5.75 Å². The lowest BCUT2D eigenvalue weighted by atomic mass is 10.3. The number of anilines is 2. The molecule has 0 saturated heterocycles. The molecular formula is C10H8BrN3O. The van der Waals surface area contributed by atoms with Crippen molar-refractivity contribution in [1.29, 1.82) is 0 Å². The number of hydrogen-bond acceptors (Lipinski definition) is 4. The van der Waals surface area contributed by atoms with Crippen molar-refractivity contribution in [2.75, 3.05) is 5.32 Å². The van der Waals surface area contributed by atoms with E-state index in [1.165, 1.54) is 0 Å². The van der Waals surface area contributed by atoms with Crippen molar-refractivity contribution in [3.05, 3.63) is 41.1 Å². The molecule has 2 N–H and O–H groups in total. The minimum atomic E-state index is 0.168. The molecule has 0 spiro atoms. The number of benzene rings is 1. The molecule has 0 radical (unpaired) electrons. The zero-order valence-electron chi connectivity index (χ0n) is 7.68. The van der Waals surface area contributed by atoms with Gasteiger partial charge in [-0.2, -0.15) is 0 Å². The Morgan fingerprint density at radius 1 is 1.20 bits per heavy atom. The maximum absolute atomic E-state index is 9.51. The van der Waals surface area contributed by atoms with Crippen LogP contribution in [0.2, 0.25) is 0 Å². The van der Waals surface area contributed by atoms with Crippen LogP contribution in [0.4, 0.5) is 11.6 Å². The summed E-state index contributed by atoms with van der Waals surface area (Å²) in [7, 11) is 0. The molecule has 2 aromatic rings. The second-order valence-electron chi connectivity index (χ2n) is 2.85. The SMILES string of the molecule is Oc1ccccc1Nc1nccc(Br)n1. The third-order valence-corrected chi connectivity index (χ3v) is 2.21. The monoisotopic (exact) mass is 265 g/mol. The summed E-state index contributed by atoms with van der Waals surface area (Å²) in [6.07, 6.45) is 1.62. The maximum Gasteiger partial charge on any atom is 0.228 e. The van der Waals surface area contributed by atoms with Gasteiger partial charge in [-0.15, -0.1) is 0 Å². The van der Waals surface area contributed by atoms with Crippen molar-refractivity contribution >= 4 is 27.6 Å². The molecular weight excluding hydrogens is 258 g/mol. The lowest BCUT2D eigenvalue weighted by molar-refractivity contribution is 0.477. The van der Waals surface area contributed by atoms with Crippen LogP contribution >= 0.6 is 15.9 Å². The summed E-state index contributed by atoms with van der Waals surface area (Å²) < 4.78 is 0.690. The van der Waals surface area contributed by atoms with Crippen LogP contribution in [0.15, 0.2) is 41.1 Å². The standard InChI is InChI=1S/C10H8BrN3O/c11-9-5-6-12-10(14-9)13-7-3-1-2-4-8(7)15/h1-6,15H,(H,12,13,14). The van der Waals surface area contributed by atoms with Gasteiger partial charge in [0.15, 0.2) is 0 Å². The number of phenols is 1. The second kappa shape index (κ2) is 4.27. The van der Waals surface area contributed by atoms with Crippen LogP contribution in [0.3, 0.4) is 0 Å². The Morgan fingerprint density at radius 2 is 2.00 bits per heavy atom. The van der Waals surface area contributed by atoms with E-state index in [-0.39, 0.29) is 5.75 Å². The van der Waals surface area contributed by atoms with Gasteiger partial charge < -0.3 is 10.4 Å². The molecule has 0 saturated carbocycles. The number of aromatic nitrogens is 2. The van der Waals surface area contributed by atoms with Gasteiger partial charge in [0.05, 0.1) is 5.69 Å². The summed E-state index contributed by atoms with van der Waals surface area (Å²) in [6, 6.07) is 8.65. The van der Waals surface area contributed by atoms with Gasteiger partial charge >= 0.3 is 0 Å². The third-order valence-electron chi connectivity index (χ3n) is 1.77. The average Bonchev–Trinajstić information content (AvgIpc) is 2.22. The van der Waals surface area contributed by atoms with Gasteiger partial charge in [0.25, 0.3) is 0 Å². The number of halogens is 1. The van der Waals surface area contributed by atoms with E-state index in [1.807, 2.05) is 6.07 Å². The van der Waals surface area contributed by atoms with Crippen molar-refractivity contribution in [3.63, 3.8) is 0 Å². The summed E-state index contributed by atoms with van der Waals surface area (Å²) in [5, 5.41) is 12.4. The molecule has 0 bridgehead atoms. The van der Waals surface area contributed by atoms with Crippen LogP contribution in [0.25, 0.3) is 0 Å². The number of para-hydroxylation sites is 2. The summed E-state index contributed by atoms with van der Waals surface area (Å²) in [4.78, 5) is 8.11. The number of aromatic hydroxyl groups is 1. The first kappa shape index (κ1) is 9.92. The predicted molar refractivity (Wildman–Crippen MR) is 61.1 cm³/mol.